The first-order chi connectivity index (χ1) is 9.52. The lowest BCUT2D eigenvalue weighted by Crippen LogP contribution is -2.16. The van der Waals surface area contributed by atoms with Crippen LogP contribution >= 0.6 is 0 Å². The van der Waals surface area contributed by atoms with E-state index in [0.717, 1.165) is 16.8 Å². The van der Waals surface area contributed by atoms with Crippen LogP contribution in [0.4, 0.5) is 11.4 Å². The number of carbonyl (C=O) groups excluding carboxylic acids is 1. The maximum Gasteiger partial charge on any atom is 0.261 e. The van der Waals surface area contributed by atoms with Crippen LogP contribution in [0, 0.1) is 13.8 Å². The average Bonchev–Trinajstić information content (AvgIpc) is 2.41. The normalized spacial score (nSPS) is 10.2. The zero-order valence-corrected chi connectivity index (χ0v) is 11.9. The summed E-state index contributed by atoms with van der Waals surface area (Å²) in [5, 5.41) is 2.87. The summed E-state index contributed by atoms with van der Waals surface area (Å²) < 4.78 is 5.19. The van der Waals surface area contributed by atoms with Crippen LogP contribution < -0.4 is 15.8 Å². The van der Waals surface area contributed by atoms with E-state index in [0.29, 0.717) is 17.0 Å². The van der Waals surface area contributed by atoms with Crippen molar-refractivity contribution in [1.82, 2.24) is 0 Å². The quantitative estimate of drug-likeness (QED) is 0.842. The third-order valence-electron chi connectivity index (χ3n) is 3.14. The number of nitrogens with two attached hydrogens (primary N) is 1. The van der Waals surface area contributed by atoms with Crippen molar-refractivity contribution in [2.45, 2.75) is 13.8 Å². The fourth-order valence-electron chi connectivity index (χ4n) is 2.10. The molecule has 0 aliphatic heterocycles. The molecule has 2 rings (SSSR count). The predicted molar refractivity (Wildman–Crippen MR) is 81.3 cm³/mol. The number of amides is 1. The molecule has 4 heteroatoms. The number of benzene rings is 2. The highest BCUT2D eigenvalue weighted by Gasteiger charge is 2.16. The molecular formula is C16H18N2O2. The van der Waals surface area contributed by atoms with Crippen molar-refractivity contribution in [2.75, 3.05) is 18.2 Å². The van der Waals surface area contributed by atoms with Gasteiger partial charge in [-0.05, 0) is 37.6 Å². The van der Waals surface area contributed by atoms with Gasteiger partial charge in [-0.1, -0.05) is 23.8 Å². The molecular weight excluding hydrogens is 252 g/mol. The summed E-state index contributed by atoms with van der Waals surface area (Å²) in [4.78, 5) is 12.4. The Morgan fingerprint density at radius 1 is 1.20 bits per heavy atom. The third kappa shape index (κ3) is 2.74. The maximum atomic E-state index is 12.4. The van der Waals surface area contributed by atoms with Gasteiger partial charge < -0.3 is 15.8 Å². The van der Waals surface area contributed by atoms with E-state index in [4.69, 9.17) is 10.5 Å². The number of aryl methyl sites for hydroxylation is 2. The van der Waals surface area contributed by atoms with E-state index in [9.17, 15) is 4.79 Å². The number of hydrogen-bond donors (Lipinski definition) is 2. The molecule has 0 radical (unpaired) electrons. The molecule has 0 saturated carbocycles. The number of hydrogen-bond acceptors (Lipinski definition) is 3. The number of rotatable bonds is 3. The van der Waals surface area contributed by atoms with Crippen LogP contribution in [-0.2, 0) is 0 Å². The Labute approximate surface area is 118 Å². The summed E-state index contributed by atoms with van der Waals surface area (Å²) in [6, 6.07) is 11.0. The third-order valence-corrected chi connectivity index (χ3v) is 3.14. The number of ether oxygens (including phenoxy) is 1. The fraction of sp³-hybridized carbons (Fsp3) is 0.188. The van der Waals surface area contributed by atoms with Crippen molar-refractivity contribution in [2.24, 2.45) is 0 Å². The highest BCUT2D eigenvalue weighted by atomic mass is 16.5. The number of nitrogen functional groups attached to an aromatic ring is 1. The molecule has 0 bridgehead atoms. The SMILES string of the molecule is COc1cccc(N)c1C(=O)Nc1ccc(C)cc1C. The lowest BCUT2D eigenvalue weighted by Gasteiger charge is -2.13. The molecule has 2 aromatic rings. The topological polar surface area (TPSA) is 64.3 Å². The van der Waals surface area contributed by atoms with Gasteiger partial charge in [-0.3, -0.25) is 4.79 Å². The van der Waals surface area contributed by atoms with Gasteiger partial charge in [-0.25, -0.2) is 0 Å². The van der Waals surface area contributed by atoms with E-state index in [1.54, 1.807) is 18.2 Å². The Hall–Kier alpha value is -2.49. The van der Waals surface area contributed by atoms with Crippen LogP contribution in [0.5, 0.6) is 5.75 Å². The molecule has 20 heavy (non-hydrogen) atoms. The van der Waals surface area contributed by atoms with Gasteiger partial charge >= 0.3 is 0 Å². The number of anilines is 2. The van der Waals surface area contributed by atoms with Crippen LogP contribution in [0.25, 0.3) is 0 Å². The summed E-state index contributed by atoms with van der Waals surface area (Å²) in [5.74, 6) is 0.194. The minimum absolute atomic E-state index is 0.271. The Kier molecular flexibility index (Phi) is 3.94. The van der Waals surface area contributed by atoms with E-state index < -0.39 is 0 Å². The van der Waals surface area contributed by atoms with Crippen molar-refractivity contribution in [3.63, 3.8) is 0 Å². The highest BCUT2D eigenvalue weighted by molar-refractivity contribution is 6.10. The van der Waals surface area contributed by atoms with Crippen LogP contribution in [0.3, 0.4) is 0 Å². The van der Waals surface area contributed by atoms with E-state index in [2.05, 4.69) is 5.32 Å². The molecule has 0 unspecified atom stereocenters. The van der Waals surface area contributed by atoms with Gasteiger partial charge in [0, 0.05) is 11.4 Å². The highest BCUT2D eigenvalue weighted by Crippen LogP contribution is 2.26. The summed E-state index contributed by atoms with van der Waals surface area (Å²) in [7, 11) is 1.52. The van der Waals surface area contributed by atoms with E-state index in [1.807, 2.05) is 32.0 Å². The van der Waals surface area contributed by atoms with Gasteiger partial charge in [-0.15, -0.1) is 0 Å². The second-order valence-electron chi connectivity index (χ2n) is 4.70. The molecule has 3 N–H and O–H groups in total. The molecule has 4 nitrogen and oxygen atoms in total. The smallest absolute Gasteiger partial charge is 0.261 e. The van der Waals surface area contributed by atoms with E-state index in [-0.39, 0.29) is 5.91 Å². The Morgan fingerprint density at radius 3 is 2.60 bits per heavy atom. The zero-order chi connectivity index (χ0) is 14.7. The monoisotopic (exact) mass is 270 g/mol. The van der Waals surface area contributed by atoms with Crippen LogP contribution in [0.2, 0.25) is 0 Å². The van der Waals surface area contributed by atoms with Gasteiger partial charge in [0.15, 0.2) is 0 Å². The Morgan fingerprint density at radius 2 is 1.95 bits per heavy atom. The number of nitrogens with one attached hydrogen (secondary N) is 1. The lowest BCUT2D eigenvalue weighted by atomic mass is 10.1. The first-order valence-corrected chi connectivity index (χ1v) is 6.34. The minimum Gasteiger partial charge on any atom is -0.496 e. The summed E-state index contributed by atoms with van der Waals surface area (Å²) in [6.07, 6.45) is 0. The standard InChI is InChI=1S/C16H18N2O2/c1-10-7-8-13(11(2)9-10)18-16(19)15-12(17)5-4-6-14(15)20-3/h4-9H,17H2,1-3H3,(H,18,19). The summed E-state index contributed by atoms with van der Waals surface area (Å²) in [6.45, 7) is 3.96. The van der Waals surface area contributed by atoms with Crippen molar-refractivity contribution >= 4 is 17.3 Å². The molecule has 1 amide bonds. The molecule has 104 valence electrons. The van der Waals surface area contributed by atoms with Crippen LogP contribution in [0.15, 0.2) is 36.4 Å². The van der Waals surface area contributed by atoms with Gasteiger partial charge in [-0.2, -0.15) is 0 Å². The molecule has 0 aromatic heterocycles. The second-order valence-corrected chi connectivity index (χ2v) is 4.70. The summed E-state index contributed by atoms with van der Waals surface area (Å²) in [5.41, 5.74) is 9.55. The van der Waals surface area contributed by atoms with Gasteiger partial charge in [0.2, 0.25) is 0 Å². The molecule has 0 saturated heterocycles. The van der Waals surface area contributed by atoms with E-state index in [1.165, 1.54) is 7.11 Å². The maximum absolute atomic E-state index is 12.4. The fourth-order valence-corrected chi connectivity index (χ4v) is 2.10. The molecule has 0 spiro atoms. The summed E-state index contributed by atoms with van der Waals surface area (Å²) >= 11 is 0. The van der Waals surface area contributed by atoms with Crippen LogP contribution in [0.1, 0.15) is 21.5 Å². The lowest BCUT2D eigenvalue weighted by molar-refractivity contribution is 0.102. The van der Waals surface area contributed by atoms with Crippen LogP contribution in [-0.4, -0.2) is 13.0 Å². The molecule has 2 aromatic carbocycles. The van der Waals surface area contributed by atoms with E-state index >= 15 is 0 Å². The Balaban J connectivity index is 2.33. The second kappa shape index (κ2) is 5.65. The number of carbonyl (C=O) groups is 1. The van der Waals surface area contributed by atoms with Gasteiger partial charge in [0.25, 0.3) is 5.91 Å². The van der Waals surface area contributed by atoms with Gasteiger partial charge in [0.1, 0.15) is 11.3 Å². The largest absolute Gasteiger partial charge is 0.496 e. The van der Waals surface area contributed by atoms with Crippen molar-refractivity contribution < 1.29 is 9.53 Å². The zero-order valence-electron chi connectivity index (χ0n) is 11.9. The van der Waals surface area contributed by atoms with Gasteiger partial charge in [0.05, 0.1) is 7.11 Å². The first kappa shape index (κ1) is 13.9. The van der Waals surface area contributed by atoms with Crippen molar-refractivity contribution in [1.29, 1.82) is 0 Å². The first-order valence-electron chi connectivity index (χ1n) is 6.34. The Bertz CT molecular complexity index is 651. The average molecular weight is 270 g/mol. The van der Waals surface area contributed by atoms with Crippen molar-refractivity contribution in [3.8, 4) is 5.75 Å². The van der Waals surface area contributed by atoms with Crippen molar-refractivity contribution in [3.05, 3.63) is 53.1 Å². The minimum atomic E-state index is -0.271. The molecule has 0 aliphatic rings. The molecule has 0 atom stereocenters. The number of methoxy groups -OCH3 is 1. The predicted octanol–water partition coefficient (Wildman–Crippen LogP) is 3.15. The molecule has 0 fully saturated rings. The molecule has 0 aliphatic carbocycles. The molecule has 0 heterocycles.